The van der Waals surface area contributed by atoms with Gasteiger partial charge in [0.25, 0.3) is 0 Å². The lowest BCUT2D eigenvalue weighted by molar-refractivity contribution is -0.145. The maximum atomic E-state index is 11.4. The smallest absolute Gasteiger partial charge is 0.324 e. The molecule has 88 valence electrons. The molecule has 0 amide bonds. The third kappa shape index (κ3) is 3.11. The van der Waals surface area contributed by atoms with Crippen LogP contribution in [0.1, 0.15) is 34.1 Å². The second kappa shape index (κ2) is 4.34. The van der Waals surface area contributed by atoms with Crippen LogP contribution in [-0.2, 0) is 4.79 Å². The van der Waals surface area contributed by atoms with E-state index < -0.39 is 11.5 Å². The number of nitrogens with one attached hydrogen (secondary N) is 1. The van der Waals surface area contributed by atoms with Crippen LogP contribution in [0.15, 0.2) is 0 Å². The summed E-state index contributed by atoms with van der Waals surface area (Å²) in [5, 5.41) is 12.6. The average Bonchev–Trinajstić information content (AvgIpc) is 1.99. The van der Waals surface area contributed by atoms with Gasteiger partial charge in [0.1, 0.15) is 5.54 Å². The van der Waals surface area contributed by atoms with Crippen molar-refractivity contribution in [1.82, 2.24) is 5.32 Å². The summed E-state index contributed by atoms with van der Waals surface area (Å²) in [6.45, 7) is 8.27. The van der Waals surface area contributed by atoms with Gasteiger partial charge < -0.3 is 5.11 Å². The number of carbonyl (C=O) groups is 1. The van der Waals surface area contributed by atoms with Gasteiger partial charge in [-0.1, -0.05) is 13.8 Å². The van der Waals surface area contributed by atoms with Crippen LogP contribution in [0, 0.1) is 5.41 Å². The molecule has 1 atom stereocenters. The summed E-state index contributed by atoms with van der Waals surface area (Å²) in [6, 6.07) is 0.204. The monoisotopic (exact) mass is 231 g/mol. The van der Waals surface area contributed by atoms with E-state index in [0.717, 1.165) is 5.75 Å². The number of hydrogen-bond acceptors (Lipinski definition) is 3. The number of rotatable bonds is 3. The Morgan fingerprint density at radius 1 is 1.40 bits per heavy atom. The molecule has 2 N–H and O–H groups in total. The molecule has 0 saturated carbocycles. The minimum absolute atomic E-state index is 0.100. The Balaban J connectivity index is 2.86. The molecule has 0 aromatic heterocycles. The van der Waals surface area contributed by atoms with Gasteiger partial charge in [0.2, 0.25) is 0 Å². The first-order valence-corrected chi connectivity index (χ1v) is 6.52. The number of carboxylic acid groups (broad SMARTS) is 1. The fourth-order valence-electron chi connectivity index (χ4n) is 2.26. The molecule has 1 unspecified atom stereocenters. The summed E-state index contributed by atoms with van der Waals surface area (Å²) < 4.78 is 0. The van der Waals surface area contributed by atoms with E-state index in [1.54, 1.807) is 11.8 Å². The minimum Gasteiger partial charge on any atom is -0.480 e. The lowest BCUT2D eigenvalue weighted by atomic mass is 9.79. The SMILES string of the molecule is CC(C)NC1(C(=O)O)CSCC(C)(C)C1. The Bertz CT molecular complexity index is 253. The third-order valence-corrected chi connectivity index (χ3v) is 4.28. The molecular formula is C11H21NO2S. The lowest BCUT2D eigenvalue weighted by Gasteiger charge is -2.43. The van der Waals surface area contributed by atoms with Gasteiger partial charge in [0.05, 0.1) is 0 Å². The van der Waals surface area contributed by atoms with Crippen molar-refractivity contribution in [3.8, 4) is 0 Å². The van der Waals surface area contributed by atoms with Crippen molar-refractivity contribution in [3.05, 3.63) is 0 Å². The van der Waals surface area contributed by atoms with Crippen LogP contribution in [0.25, 0.3) is 0 Å². The highest BCUT2D eigenvalue weighted by Crippen LogP contribution is 2.39. The van der Waals surface area contributed by atoms with Gasteiger partial charge in [0.15, 0.2) is 0 Å². The van der Waals surface area contributed by atoms with Gasteiger partial charge >= 0.3 is 5.97 Å². The highest BCUT2D eigenvalue weighted by Gasteiger charge is 2.46. The van der Waals surface area contributed by atoms with Crippen LogP contribution in [0.3, 0.4) is 0 Å². The van der Waals surface area contributed by atoms with E-state index in [-0.39, 0.29) is 11.5 Å². The molecule has 0 aliphatic carbocycles. The van der Waals surface area contributed by atoms with E-state index in [0.29, 0.717) is 12.2 Å². The molecule has 3 nitrogen and oxygen atoms in total. The van der Waals surface area contributed by atoms with E-state index in [1.807, 2.05) is 13.8 Å². The highest BCUT2D eigenvalue weighted by atomic mass is 32.2. The Morgan fingerprint density at radius 3 is 2.40 bits per heavy atom. The molecule has 15 heavy (non-hydrogen) atoms. The van der Waals surface area contributed by atoms with Crippen molar-refractivity contribution in [2.75, 3.05) is 11.5 Å². The number of thioether (sulfide) groups is 1. The second-order valence-electron chi connectivity index (χ2n) is 5.52. The fraction of sp³-hybridized carbons (Fsp3) is 0.909. The molecule has 1 aliphatic rings. The Kier molecular flexibility index (Phi) is 3.71. The predicted octanol–water partition coefficient (Wildman–Crippen LogP) is 1.97. The fourth-order valence-corrected chi connectivity index (χ4v) is 3.68. The van der Waals surface area contributed by atoms with Crippen molar-refractivity contribution < 1.29 is 9.90 Å². The summed E-state index contributed by atoms with van der Waals surface area (Å²) >= 11 is 1.74. The van der Waals surface area contributed by atoms with Gasteiger partial charge in [-0.2, -0.15) is 11.8 Å². The zero-order valence-corrected chi connectivity index (χ0v) is 10.8. The summed E-state index contributed by atoms with van der Waals surface area (Å²) in [5.41, 5.74) is -0.635. The topological polar surface area (TPSA) is 49.3 Å². The molecule has 0 aromatic carbocycles. The molecule has 0 radical (unpaired) electrons. The maximum Gasteiger partial charge on any atom is 0.324 e. The first-order chi connectivity index (χ1) is 6.77. The van der Waals surface area contributed by atoms with Crippen LogP contribution in [0.2, 0.25) is 0 Å². The Hall–Kier alpha value is -0.220. The lowest BCUT2D eigenvalue weighted by Crippen LogP contribution is -2.60. The molecule has 0 spiro atoms. The van der Waals surface area contributed by atoms with Crippen LogP contribution in [0.5, 0.6) is 0 Å². The van der Waals surface area contributed by atoms with Gasteiger partial charge in [0, 0.05) is 11.8 Å². The van der Waals surface area contributed by atoms with Crippen LogP contribution >= 0.6 is 11.8 Å². The molecule has 0 aromatic rings. The zero-order valence-electron chi connectivity index (χ0n) is 9.96. The van der Waals surface area contributed by atoms with E-state index >= 15 is 0 Å². The largest absolute Gasteiger partial charge is 0.480 e. The van der Waals surface area contributed by atoms with E-state index in [1.165, 1.54) is 0 Å². The molecule has 1 fully saturated rings. The second-order valence-corrected chi connectivity index (χ2v) is 6.51. The van der Waals surface area contributed by atoms with Gasteiger partial charge in [-0.3, -0.25) is 10.1 Å². The normalized spacial score (nSPS) is 30.5. The summed E-state index contributed by atoms with van der Waals surface area (Å²) in [6.07, 6.45) is 0.709. The Morgan fingerprint density at radius 2 is 2.00 bits per heavy atom. The highest BCUT2D eigenvalue weighted by molar-refractivity contribution is 7.99. The predicted molar refractivity (Wildman–Crippen MR) is 64.4 cm³/mol. The minimum atomic E-state index is -0.736. The first-order valence-electron chi connectivity index (χ1n) is 5.36. The zero-order chi connectivity index (χ0) is 11.7. The van der Waals surface area contributed by atoms with Crippen molar-refractivity contribution in [3.63, 3.8) is 0 Å². The summed E-state index contributed by atoms with van der Waals surface area (Å²) in [4.78, 5) is 11.4. The molecular weight excluding hydrogens is 210 g/mol. The quantitative estimate of drug-likeness (QED) is 0.779. The maximum absolute atomic E-state index is 11.4. The van der Waals surface area contributed by atoms with E-state index in [9.17, 15) is 9.90 Å². The summed E-state index contributed by atoms with van der Waals surface area (Å²) in [7, 11) is 0. The average molecular weight is 231 g/mol. The van der Waals surface area contributed by atoms with Crippen LogP contribution in [-0.4, -0.2) is 34.2 Å². The van der Waals surface area contributed by atoms with Crippen molar-refractivity contribution in [2.45, 2.75) is 45.7 Å². The van der Waals surface area contributed by atoms with Crippen LogP contribution < -0.4 is 5.32 Å². The van der Waals surface area contributed by atoms with E-state index in [4.69, 9.17) is 0 Å². The number of carboxylic acids is 1. The van der Waals surface area contributed by atoms with Gasteiger partial charge in [-0.05, 0) is 31.4 Å². The molecule has 1 saturated heterocycles. The molecule has 1 rings (SSSR count). The van der Waals surface area contributed by atoms with Crippen molar-refractivity contribution in [1.29, 1.82) is 0 Å². The number of hydrogen-bond donors (Lipinski definition) is 2. The molecule has 1 aliphatic heterocycles. The number of aliphatic carboxylic acids is 1. The molecule has 1 heterocycles. The van der Waals surface area contributed by atoms with E-state index in [2.05, 4.69) is 19.2 Å². The van der Waals surface area contributed by atoms with Gasteiger partial charge in [-0.25, -0.2) is 0 Å². The van der Waals surface area contributed by atoms with Gasteiger partial charge in [-0.15, -0.1) is 0 Å². The Labute approximate surface area is 96.0 Å². The summed E-state index contributed by atoms with van der Waals surface area (Å²) in [5.74, 6) is 1.00. The molecule has 0 bridgehead atoms. The van der Waals surface area contributed by atoms with Crippen LogP contribution in [0.4, 0.5) is 0 Å². The molecule has 4 heteroatoms. The standard InChI is InChI=1S/C11H21NO2S/c1-8(2)12-11(9(13)14)5-10(3,4)6-15-7-11/h8,12H,5-7H2,1-4H3,(H,13,14). The van der Waals surface area contributed by atoms with Crippen molar-refractivity contribution >= 4 is 17.7 Å². The van der Waals surface area contributed by atoms with Crippen molar-refractivity contribution in [2.24, 2.45) is 5.41 Å². The first kappa shape index (κ1) is 12.8. The third-order valence-electron chi connectivity index (χ3n) is 2.60.